The monoisotopic (exact) mass is 267 g/mol. The van der Waals surface area contributed by atoms with Crippen LogP contribution in [0.2, 0.25) is 0 Å². The summed E-state index contributed by atoms with van der Waals surface area (Å²) in [6.07, 6.45) is 0.632. The average Bonchev–Trinajstić information content (AvgIpc) is 3.20. The number of hydrogen-bond donors (Lipinski definition) is 0. The first-order chi connectivity index (χ1) is 9.22. The number of nitro groups is 1. The van der Waals surface area contributed by atoms with E-state index < -0.39 is 6.04 Å². The Morgan fingerprint density at radius 2 is 2.05 bits per heavy atom. The second-order valence-electron chi connectivity index (χ2n) is 4.43. The Morgan fingerprint density at radius 3 is 2.63 bits per heavy atom. The summed E-state index contributed by atoms with van der Waals surface area (Å²) < 4.78 is 15.4. The third-order valence-corrected chi connectivity index (χ3v) is 3.08. The van der Waals surface area contributed by atoms with Crippen LogP contribution >= 0.6 is 0 Å². The van der Waals surface area contributed by atoms with Crippen molar-refractivity contribution in [2.75, 3.05) is 27.1 Å². The van der Waals surface area contributed by atoms with Crippen molar-refractivity contribution < 1.29 is 19.1 Å². The first-order valence-corrected chi connectivity index (χ1v) is 6.15. The van der Waals surface area contributed by atoms with Crippen LogP contribution in [0.25, 0.3) is 0 Å². The summed E-state index contributed by atoms with van der Waals surface area (Å²) in [5.74, 6) is 0.751. The fourth-order valence-corrected chi connectivity index (χ4v) is 1.89. The highest BCUT2D eigenvalue weighted by Gasteiger charge is 2.49. The van der Waals surface area contributed by atoms with Gasteiger partial charge in [0.15, 0.2) is 6.79 Å². The van der Waals surface area contributed by atoms with Gasteiger partial charge in [-0.05, 0) is 17.7 Å². The maximum Gasteiger partial charge on any atom is 0.221 e. The molecule has 6 nitrogen and oxygen atoms in total. The van der Waals surface area contributed by atoms with Crippen molar-refractivity contribution in [2.24, 2.45) is 0 Å². The van der Waals surface area contributed by atoms with E-state index in [-0.39, 0.29) is 17.6 Å². The number of ether oxygens (including phenoxy) is 3. The first-order valence-electron chi connectivity index (χ1n) is 6.15. The highest BCUT2D eigenvalue weighted by Crippen LogP contribution is 2.43. The van der Waals surface area contributed by atoms with Gasteiger partial charge in [0.25, 0.3) is 0 Å². The van der Waals surface area contributed by atoms with E-state index in [9.17, 15) is 10.1 Å². The molecule has 0 N–H and O–H groups in total. The fourth-order valence-electron chi connectivity index (χ4n) is 1.89. The maximum atomic E-state index is 10.6. The van der Waals surface area contributed by atoms with E-state index in [1.54, 1.807) is 7.11 Å². The van der Waals surface area contributed by atoms with Crippen LogP contribution in [-0.2, 0) is 9.47 Å². The van der Waals surface area contributed by atoms with Crippen molar-refractivity contribution >= 4 is 0 Å². The molecule has 0 aromatic heterocycles. The third-order valence-electron chi connectivity index (χ3n) is 3.08. The molecule has 1 saturated carbocycles. The number of hydrogen-bond acceptors (Lipinski definition) is 5. The molecule has 19 heavy (non-hydrogen) atoms. The number of benzene rings is 1. The second-order valence-corrected chi connectivity index (χ2v) is 4.43. The van der Waals surface area contributed by atoms with Gasteiger partial charge in [0, 0.05) is 18.5 Å². The Kier molecular flexibility index (Phi) is 4.70. The number of rotatable bonds is 8. The lowest BCUT2D eigenvalue weighted by molar-refractivity contribution is -0.496. The van der Waals surface area contributed by atoms with Crippen LogP contribution in [0.4, 0.5) is 0 Å². The smallest absolute Gasteiger partial charge is 0.221 e. The lowest BCUT2D eigenvalue weighted by atomic mass is 10.1. The SMILES string of the molecule is COCCOCOc1ccc([C@@H]2C[C@H]2[N+](=O)[O-])cc1. The minimum atomic E-state index is -0.413. The third kappa shape index (κ3) is 3.90. The topological polar surface area (TPSA) is 70.8 Å². The van der Waals surface area contributed by atoms with Gasteiger partial charge in [-0.25, -0.2) is 0 Å². The number of methoxy groups -OCH3 is 1. The van der Waals surface area contributed by atoms with Gasteiger partial charge >= 0.3 is 0 Å². The summed E-state index contributed by atoms with van der Waals surface area (Å²) in [5.41, 5.74) is 0.995. The van der Waals surface area contributed by atoms with Gasteiger partial charge in [0.05, 0.1) is 19.1 Å². The summed E-state index contributed by atoms with van der Waals surface area (Å²) in [7, 11) is 1.61. The van der Waals surface area contributed by atoms with E-state index in [1.807, 2.05) is 24.3 Å². The Labute approximate surface area is 111 Å². The molecule has 2 rings (SSSR count). The molecule has 1 aliphatic carbocycles. The Balaban J connectivity index is 1.75. The van der Waals surface area contributed by atoms with Crippen LogP contribution in [-0.4, -0.2) is 38.1 Å². The van der Waals surface area contributed by atoms with Crippen molar-refractivity contribution in [2.45, 2.75) is 18.4 Å². The lowest BCUT2D eigenvalue weighted by Gasteiger charge is -2.07. The molecule has 0 bridgehead atoms. The highest BCUT2D eigenvalue weighted by molar-refractivity contribution is 5.32. The van der Waals surface area contributed by atoms with Gasteiger partial charge in [-0.15, -0.1) is 0 Å². The molecule has 0 saturated heterocycles. The fraction of sp³-hybridized carbons (Fsp3) is 0.538. The van der Waals surface area contributed by atoms with E-state index in [4.69, 9.17) is 14.2 Å². The van der Waals surface area contributed by atoms with E-state index >= 15 is 0 Å². The van der Waals surface area contributed by atoms with Crippen LogP contribution in [0.1, 0.15) is 17.9 Å². The van der Waals surface area contributed by atoms with Gasteiger partial charge in [0.2, 0.25) is 6.04 Å². The molecular formula is C13H17NO5. The Bertz CT molecular complexity index is 420. The van der Waals surface area contributed by atoms with E-state index in [0.29, 0.717) is 25.4 Å². The van der Waals surface area contributed by atoms with Crippen LogP contribution < -0.4 is 4.74 Å². The normalized spacial score (nSPS) is 21.1. The Hall–Kier alpha value is -1.66. The van der Waals surface area contributed by atoms with Gasteiger partial charge in [0.1, 0.15) is 5.75 Å². The summed E-state index contributed by atoms with van der Waals surface area (Å²) in [6, 6.07) is 6.95. The van der Waals surface area contributed by atoms with Gasteiger partial charge in [-0.1, -0.05) is 12.1 Å². The van der Waals surface area contributed by atoms with Crippen LogP contribution in [0.3, 0.4) is 0 Å². The Morgan fingerprint density at radius 1 is 1.32 bits per heavy atom. The molecule has 0 spiro atoms. The minimum absolute atomic E-state index is 0.0574. The van der Waals surface area contributed by atoms with Crippen molar-refractivity contribution in [3.05, 3.63) is 39.9 Å². The minimum Gasteiger partial charge on any atom is -0.468 e. The first kappa shape index (κ1) is 13.8. The molecule has 0 radical (unpaired) electrons. The maximum absolute atomic E-state index is 10.6. The quantitative estimate of drug-likeness (QED) is 0.311. The molecule has 6 heteroatoms. The molecule has 1 aliphatic rings. The van der Waals surface area contributed by atoms with Crippen molar-refractivity contribution in [3.8, 4) is 5.75 Å². The summed E-state index contributed by atoms with van der Waals surface area (Å²) in [4.78, 5) is 10.4. The van der Waals surface area contributed by atoms with Gasteiger partial charge in [-0.3, -0.25) is 10.1 Å². The summed E-state index contributed by atoms with van der Waals surface area (Å²) >= 11 is 0. The van der Waals surface area contributed by atoms with Gasteiger partial charge < -0.3 is 14.2 Å². The average molecular weight is 267 g/mol. The molecule has 1 aromatic carbocycles. The molecule has 0 aliphatic heterocycles. The molecule has 2 atom stereocenters. The molecule has 0 unspecified atom stereocenters. The van der Waals surface area contributed by atoms with Crippen LogP contribution in [0.5, 0.6) is 5.75 Å². The van der Waals surface area contributed by atoms with E-state index in [1.165, 1.54) is 0 Å². The number of nitrogens with zero attached hydrogens (tertiary/aromatic N) is 1. The predicted octanol–water partition coefficient (Wildman–Crippen LogP) is 1.82. The molecular weight excluding hydrogens is 250 g/mol. The van der Waals surface area contributed by atoms with Gasteiger partial charge in [-0.2, -0.15) is 0 Å². The zero-order valence-corrected chi connectivity index (χ0v) is 10.8. The largest absolute Gasteiger partial charge is 0.468 e. The molecule has 0 heterocycles. The lowest BCUT2D eigenvalue weighted by Crippen LogP contribution is -2.07. The standard InChI is InChI=1S/C13H17NO5/c1-17-6-7-18-9-19-11-4-2-10(3-5-11)12-8-13(12)14(15)16/h2-5,12-13H,6-9H2,1H3/t12-,13+/m0/s1. The zero-order valence-electron chi connectivity index (χ0n) is 10.8. The van der Waals surface area contributed by atoms with Crippen LogP contribution in [0, 0.1) is 10.1 Å². The van der Waals surface area contributed by atoms with Crippen molar-refractivity contribution in [1.29, 1.82) is 0 Å². The molecule has 104 valence electrons. The molecule has 0 amide bonds. The second kappa shape index (κ2) is 6.49. The van der Waals surface area contributed by atoms with Crippen LogP contribution in [0.15, 0.2) is 24.3 Å². The van der Waals surface area contributed by atoms with E-state index in [2.05, 4.69) is 0 Å². The highest BCUT2D eigenvalue weighted by atomic mass is 16.7. The summed E-state index contributed by atoms with van der Waals surface area (Å²) in [5, 5.41) is 10.6. The van der Waals surface area contributed by atoms with E-state index in [0.717, 1.165) is 5.56 Å². The zero-order chi connectivity index (χ0) is 13.7. The molecule has 1 aromatic rings. The predicted molar refractivity (Wildman–Crippen MR) is 67.9 cm³/mol. The summed E-state index contributed by atoms with van der Waals surface area (Å²) in [6.45, 7) is 1.19. The van der Waals surface area contributed by atoms with Crippen molar-refractivity contribution in [1.82, 2.24) is 0 Å². The van der Waals surface area contributed by atoms with Crippen molar-refractivity contribution in [3.63, 3.8) is 0 Å². The molecule has 1 fully saturated rings.